The van der Waals surface area contributed by atoms with E-state index in [1.54, 1.807) is 18.3 Å². The van der Waals surface area contributed by atoms with Gasteiger partial charge in [0.25, 0.3) is 0 Å². The Bertz CT molecular complexity index is 466. The summed E-state index contributed by atoms with van der Waals surface area (Å²) in [5, 5.41) is 9.59. The zero-order chi connectivity index (χ0) is 9.97. The van der Waals surface area contributed by atoms with Crippen molar-refractivity contribution in [2.24, 2.45) is 0 Å². The highest BCUT2D eigenvalue weighted by Gasteiger charge is 2.02. The first-order chi connectivity index (χ1) is 6.81. The van der Waals surface area contributed by atoms with E-state index in [1.807, 2.05) is 0 Å². The first-order valence-corrected chi connectivity index (χ1v) is 4.22. The van der Waals surface area contributed by atoms with E-state index in [1.165, 1.54) is 6.20 Å². The van der Waals surface area contributed by atoms with Gasteiger partial charge in [0, 0.05) is 11.6 Å². The van der Waals surface area contributed by atoms with Gasteiger partial charge in [-0.3, -0.25) is 0 Å². The topological polar surface area (TPSA) is 55.2 Å². The average molecular weight is 207 g/mol. The van der Waals surface area contributed by atoms with Crippen LogP contribution in [0.3, 0.4) is 0 Å². The van der Waals surface area contributed by atoms with Crippen molar-refractivity contribution in [2.75, 3.05) is 0 Å². The van der Waals surface area contributed by atoms with Crippen LogP contribution < -0.4 is 4.65 Å². The number of pyridine rings is 2. The van der Waals surface area contributed by atoms with Crippen molar-refractivity contribution in [3.8, 4) is 5.75 Å². The number of rotatable bonds is 2. The van der Waals surface area contributed by atoms with E-state index in [0.717, 1.165) is 5.39 Å². The minimum atomic E-state index is 0.349. The molecule has 0 aliphatic heterocycles. The lowest BCUT2D eigenvalue weighted by Crippen LogP contribution is -2.00. The van der Waals surface area contributed by atoms with E-state index in [4.69, 9.17) is 21.3 Å². The Morgan fingerprint density at radius 2 is 2.29 bits per heavy atom. The summed E-state index contributed by atoms with van der Waals surface area (Å²) in [7, 11) is 0.603. The highest BCUT2D eigenvalue weighted by atomic mass is 35.5. The molecule has 69 valence electrons. The summed E-state index contributed by atoms with van der Waals surface area (Å²) in [5.41, 5.74) is 0.611. The molecule has 0 aliphatic rings. The van der Waals surface area contributed by atoms with Crippen LogP contribution in [0.4, 0.5) is 0 Å². The molecule has 0 unspecified atom stereocenters. The molecule has 0 spiro atoms. The molecule has 0 saturated heterocycles. The summed E-state index contributed by atoms with van der Waals surface area (Å²) in [5.74, 6) is 0.447. The predicted molar refractivity (Wildman–Crippen MR) is 53.1 cm³/mol. The normalized spacial score (nSPS) is 10.1. The summed E-state index contributed by atoms with van der Waals surface area (Å²) in [6.45, 7) is 0. The number of fused-ring (bicyclic) bond motifs is 1. The van der Waals surface area contributed by atoms with Gasteiger partial charge in [0.1, 0.15) is 11.3 Å². The van der Waals surface area contributed by atoms with Gasteiger partial charge in [0.15, 0.2) is 5.15 Å². The lowest BCUT2D eigenvalue weighted by atomic mass is 10.2. The summed E-state index contributed by atoms with van der Waals surface area (Å²) < 4.78 is 4.76. The van der Waals surface area contributed by atoms with Crippen LogP contribution >= 0.6 is 11.6 Å². The summed E-state index contributed by atoms with van der Waals surface area (Å²) in [6.07, 6.45) is 3.04. The van der Waals surface area contributed by atoms with Crippen molar-refractivity contribution in [3.63, 3.8) is 0 Å². The van der Waals surface area contributed by atoms with Gasteiger partial charge in [0.2, 0.25) is 0 Å². The van der Waals surface area contributed by atoms with Gasteiger partial charge in [-0.05, 0) is 12.1 Å². The van der Waals surface area contributed by atoms with Crippen molar-refractivity contribution in [2.45, 2.75) is 0 Å². The zero-order valence-electron chi connectivity index (χ0n) is 7.01. The van der Waals surface area contributed by atoms with Gasteiger partial charge < -0.3 is 9.68 Å². The molecule has 0 aliphatic carbocycles. The number of aromatic nitrogens is 2. The fraction of sp³-hybridized carbons (Fsp3) is 0. The molecule has 4 nitrogen and oxygen atoms in total. The Labute approximate surface area is 85.8 Å². The third-order valence-electron chi connectivity index (χ3n) is 1.72. The van der Waals surface area contributed by atoms with Gasteiger partial charge in [-0.1, -0.05) is 11.6 Å². The number of nitrogens with zero attached hydrogens (tertiary/aromatic N) is 2. The van der Waals surface area contributed by atoms with Crippen LogP contribution in [0.2, 0.25) is 5.15 Å². The maximum Gasteiger partial charge on any atom is 0.569 e. The van der Waals surface area contributed by atoms with Crippen molar-refractivity contribution >= 4 is 30.2 Å². The second kappa shape index (κ2) is 3.81. The molecular weight excluding hydrogens is 202 g/mol. The first-order valence-electron chi connectivity index (χ1n) is 3.84. The van der Waals surface area contributed by atoms with Crippen molar-refractivity contribution < 1.29 is 9.68 Å². The fourth-order valence-electron chi connectivity index (χ4n) is 1.13. The second-order valence-electron chi connectivity index (χ2n) is 2.57. The van der Waals surface area contributed by atoms with Gasteiger partial charge in [0.05, 0.1) is 6.20 Å². The molecule has 0 saturated carbocycles. The molecule has 0 fully saturated rings. The Balaban J connectivity index is 2.56. The van der Waals surface area contributed by atoms with Gasteiger partial charge in [-0.25, -0.2) is 9.97 Å². The molecular formula is C8H5BClN2O2. The molecule has 2 aromatic rings. The third-order valence-corrected chi connectivity index (χ3v) is 1.99. The highest BCUT2D eigenvalue weighted by Crippen LogP contribution is 2.22. The molecule has 0 atom stereocenters. The monoisotopic (exact) mass is 207 g/mol. The van der Waals surface area contributed by atoms with Crippen LogP contribution in [-0.2, 0) is 0 Å². The summed E-state index contributed by atoms with van der Waals surface area (Å²) in [4.78, 5) is 7.94. The Morgan fingerprint density at radius 1 is 1.43 bits per heavy atom. The lowest BCUT2D eigenvalue weighted by molar-refractivity contribution is 0.453. The van der Waals surface area contributed by atoms with Crippen LogP contribution in [0, 0.1) is 0 Å². The quantitative estimate of drug-likeness (QED) is 0.594. The molecule has 2 heterocycles. The largest absolute Gasteiger partial charge is 0.569 e. The maximum absolute atomic E-state index is 8.43. The molecule has 0 bridgehead atoms. The van der Waals surface area contributed by atoms with E-state index < -0.39 is 0 Å². The third kappa shape index (κ3) is 1.64. The van der Waals surface area contributed by atoms with E-state index >= 15 is 0 Å². The first kappa shape index (κ1) is 9.24. The molecule has 2 rings (SSSR count). The highest BCUT2D eigenvalue weighted by molar-refractivity contribution is 6.33. The Hall–Kier alpha value is -1.33. The fourth-order valence-corrected chi connectivity index (χ4v) is 1.34. The van der Waals surface area contributed by atoms with E-state index in [-0.39, 0.29) is 0 Å². The minimum absolute atomic E-state index is 0.349. The van der Waals surface area contributed by atoms with Crippen molar-refractivity contribution in [3.05, 3.63) is 29.7 Å². The van der Waals surface area contributed by atoms with E-state index in [9.17, 15) is 0 Å². The van der Waals surface area contributed by atoms with Crippen LogP contribution in [0.25, 0.3) is 10.9 Å². The second-order valence-corrected chi connectivity index (χ2v) is 2.93. The summed E-state index contributed by atoms with van der Waals surface area (Å²) in [6, 6.07) is 3.47. The van der Waals surface area contributed by atoms with Crippen LogP contribution in [-0.4, -0.2) is 22.7 Å². The maximum atomic E-state index is 8.43. The van der Waals surface area contributed by atoms with Gasteiger partial charge >= 0.3 is 7.69 Å². The van der Waals surface area contributed by atoms with E-state index in [2.05, 4.69) is 9.97 Å². The SMILES string of the molecule is O[B]Oc1cnc2c(Cl)nccc2c1. The van der Waals surface area contributed by atoms with Gasteiger partial charge in [-0.15, -0.1) is 0 Å². The Kier molecular flexibility index (Phi) is 2.52. The van der Waals surface area contributed by atoms with Crippen LogP contribution in [0.1, 0.15) is 0 Å². The number of hydrogen-bond donors (Lipinski definition) is 1. The van der Waals surface area contributed by atoms with Gasteiger partial charge in [-0.2, -0.15) is 0 Å². The average Bonchev–Trinajstić information content (AvgIpc) is 2.18. The number of hydrogen-bond acceptors (Lipinski definition) is 4. The minimum Gasteiger partial charge on any atom is -0.536 e. The van der Waals surface area contributed by atoms with Crippen molar-refractivity contribution in [1.82, 2.24) is 9.97 Å². The molecule has 1 N–H and O–H groups in total. The molecule has 14 heavy (non-hydrogen) atoms. The summed E-state index contributed by atoms with van der Waals surface area (Å²) >= 11 is 5.81. The lowest BCUT2D eigenvalue weighted by Gasteiger charge is -2.02. The Morgan fingerprint density at radius 3 is 3.07 bits per heavy atom. The van der Waals surface area contributed by atoms with Crippen LogP contribution in [0.15, 0.2) is 24.5 Å². The van der Waals surface area contributed by atoms with E-state index in [0.29, 0.717) is 24.1 Å². The molecule has 6 heteroatoms. The smallest absolute Gasteiger partial charge is 0.536 e. The molecule has 0 aromatic carbocycles. The standard InChI is InChI=1S/C8H5BClN2O2/c10-8-7-5(1-2-11-8)3-6(4-12-7)14-9-13/h1-4,13H. The van der Waals surface area contributed by atoms with Crippen LogP contribution in [0.5, 0.6) is 5.75 Å². The molecule has 0 amide bonds. The molecule has 1 radical (unpaired) electrons. The zero-order valence-corrected chi connectivity index (χ0v) is 7.77. The number of halogens is 1. The molecule has 2 aromatic heterocycles. The van der Waals surface area contributed by atoms with Crippen molar-refractivity contribution in [1.29, 1.82) is 0 Å². The predicted octanol–water partition coefficient (Wildman–Crippen LogP) is 1.19.